The fourth-order valence-electron chi connectivity index (χ4n) is 1.51. The first kappa shape index (κ1) is 35.1. The molecule has 0 heterocycles. The second kappa shape index (κ2) is 24.2. The molecular formula is C27H40O7. The number of benzene rings is 1. The summed E-state index contributed by atoms with van der Waals surface area (Å²) in [6, 6.07) is 10.0. The Balaban J connectivity index is -0.000000377. The molecule has 0 aliphatic rings. The van der Waals surface area contributed by atoms with Crippen LogP contribution in [-0.2, 0) is 28.6 Å². The molecule has 0 atom stereocenters. The van der Waals surface area contributed by atoms with Gasteiger partial charge in [0, 0.05) is 18.2 Å². The van der Waals surface area contributed by atoms with Crippen LogP contribution in [0.1, 0.15) is 46.1 Å². The van der Waals surface area contributed by atoms with Crippen LogP contribution in [0.5, 0.6) is 0 Å². The number of hydrogen-bond acceptors (Lipinski definition) is 7. The van der Waals surface area contributed by atoms with E-state index in [1.807, 2.05) is 64.1 Å². The SMILES string of the molecule is C=CC(=O)OC(C)(C)C.C=CC(=O)OCCCC.C=CC(=O)OCCO.C=Cc1ccccc1. The molecular weight excluding hydrogens is 436 g/mol. The smallest absolute Gasteiger partial charge is 0.330 e. The van der Waals surface area contributed by atoms with E-state index < -0.39 is 11.6 Å². The Morgan fingerprint density at radius 3 is 1.62 bits per heavy atom. The lowest BCUT2D eigenvalue weighted by atomic mass is 10.2. The molecule has 7 nitrogen and oxygen atoms in total. The van der Waals surface area contributed by atoms with Crippen LogP contribution in [0.15, 0.2) is 74.9 Å². The number of ether oxygens (including phenoxy) is 3. The summed E-state index contributed by atoms with van der Waals surface area (Å²) in [5, 5.41) is 8.10. The molecule has 0 fully saturated rings. The molecule has 0 unspecified atom stereocenters. The van der Waals surface area contributed by atoms with Gasteiger partial charge >= 0.3 is 17.9 Å². The molecule has 0 saturated carbocycles. The second-order valence-corrected chi connectivity index (χ2v) is 7.17. The number of carbonyl (C=O) groups is 3. The molecule has 0 spiro atoms. The largest absolute Gasteiger partial charge is 0.463 e. The number of rotatable bonds is 9. The highest BCUT2D eigenvalue weighted by atomic mass is 16.6. The third-order valence-corrected chi connectivity index (χ3v) is 3.02. The molecule has 1 aromatic rings. The summed E-state index contributed by atoms with van der Waals surface area (Å²) in [4.78, 5) is 31.0. The molecule has 0 aliphatic carbocycles. The van der Waals surface area contributed by atoms with E-state index in [1.54, 1.807) is 0 Å². The van der Waals surface area contributed by atoms with Gasteiger partial charge < -0.3 is 19.3 Å². The third kappa shape index (κ3) is 30.7. The summed E-state index contributed by atoms with van der Waals surface area (Å²) in [6.07, 6.45) is 7.20. The van der Waals surface area contributed by atoms with Crippen LogP contribution in [0.25, 0.3) is 6.08 Å². The zero-order chi connectivity index (χ0) is 26.8. The molecule has 190 valence electrons. The Labute approximate surface area is 204 Å². The molecule has 0 radical (unpaired) electrons. The molecule has 1 N–H and O–H groups in total. The first-order valence-corrected chi connectivity index (χ1v) is 10.7. The van der Waals surface area contributed by atoms with Gasteiger partial charge in [-0.2, -0.15) is 0 Å². The monoisotopic (exact) mass is 476 g/mol. The first-order valence-electron chi connectivity index (χ1n) is 10.7. The van der Waals surface area contributed by atoms with Crippen molar-refractivity contribution in [2.75, 3.05) is 19.8 Å². The Morgan fingerprint density at radius 2 is 1.32 bits per heavy atom. The number of unbranched alkanes of at least 4 members (excludes halogenated alkanes) is 1. The summed E-state index contributed by atoms with van der Waals surface area (Å²) >= 11 is 0. The van der Waals surface area contributed by atoms with Crippen molar-refractivity contribution in [2.24, 2.45) is 0 Å². The molecule has 0 bridgehead atoms. The van der Waals surface area contributed by atoms with E-state index in [4.69, 9.17) is 9.84 Å². The van der Waals surface area contributed by atoms with Gasteiger partial charge in [0.15, 0.2) is 0 Å². The molecule has 0 aromatic heterocycles. The van der Waals surface area contributed by atoms with Crippen LogP contribution >= 0.6 is 0 Å². The quantitative estimate of drug-likeness (QED) is 0.230. The Kier molecular flexibility index (Phi) is 25.0. The van der Waals surface area contributed by atoms with Crippen molar-refractivity contribution in [1.29, 1.82) is 0 Å². The van der Waals surface area contributed by atoms with Gasteiger partial charge in [-0.25, -0.2) is 14.4 Å². The summed E-state index contributed by atoms with van der Waals surface area (Å²) in [5.41, 5.74) is 0.776. The van der Waals surface area contributed by atoms with E-state index in [-0.39, 0.29) is 25.2 Å². The Bertz CT molecular complexity index is 716. The molecule has 0 aliphatic heterocycles. The van der Waals surface area contributed by atoms with Crippen molar-refractivity contribution in [3.63, 3.8) is 0 Å². The standard InChI is InChI=1S/C8H8.2C7H12O2.C5H8O3/c1-2-8-6-4-3-5-7-8;1-5-6(8)9-7(2,3)4;1-3-5-6-9-7(8)4-2;1-2-5(7)8-4-3-6/h2-7H,1H2;5H,1H2,2-4H3;4H,2-3,5-6H2,1H3;2,6H,1,3-4H2. The lowest BCUT2D eigenvalue weighted by Gasteiger charge is -2.17. The summed E-state index contributed by atoms with van der Waals surface area (Å²) in [6.45, 7) is 21.2. The maximum absolute atomic E-state index is 10.5. The van der Waals surface area contributed by atoms with Gasteiger partial charge in [0.25, 0.3) is 0 Å². The second-order valence-electron chi connectivity index (χ2n) is 7.17. The van der Waals surface area contributed by atoms with Crippen molar-refractivity contribution in [3.05, 3.63) is 80.4 Å². The summed E-state index contributed by atoms with van der Waals surface area (Å²) in [5.74, 6) is -1.20. The number of aliphatic hydroxyl groups is 1. The minimum absolute atomic E-state index is 0.0465. The van der Waals surface area contributed by atoms with Crippen molar-refractivity contribution in [2.45, 2.75) is 46.1 Å². The van der Waals surface area contributed by atoms with Crippen molar-refractivity contribution < 1.29 is 33.7 Å². The number of esters is 3. The third-order valence-electron chi connectivity index (χ3n) is 3.02. The van der Waals surface area contributed by atoms with Crippen LogP contribution in [0, 0.1) is 0 Å². The van der Waals surface area contributed by atoms with Crippen LogP contribution < -0.4 is 0 Å². The maximum atomic E-state index is 10.5. The van der Waals surface area contributed by atoms with E-state index in [9.17, 15) is 14.4 Å². The predicted octanol–water partition coefficient (Wildman–Crippen LogP) is 5.07. The fourth-order valence-corrected chi connectivity index (χ4v) is 1.51. The first-order chi connectivity index (χ1) is 16.0. The topological polar surface area (TPSA) is 99.1 Å². The average molecular weight is 477 g/mol. The minimum atomic E-state index is -0.501. The zero-order valence-corrected chi connectivity index (χ0v) is 21.0. The zero-order valence-electron chi connectivity index (χ0n) is 21.0. The van der Waals surface area contributed by atoms with Gasteiger partial charge in [-0.15, -0.1) is 0 Å². The van der Waals surface area contributed by atoms with Gasteiger partial charge in [-0.05, 0) is 32.8 Å². The molecule has 1 aromatic carbocycles. The van der Waals surface area contributed by atoms with E-state index >= 15 is 0 Å². The van der Waals surface area contributed by atoms with Gasteiger partial charge in [-0.3, -0.25) is 0 Å². The number of carbonyl (C=O) groups excluding carboxylic acids is 3. The number of hydrogen-bond donors (Lipinski definition) is 1. The fraction of sp³-hybridized carbons (Fsp3) is 0.370. The van der Waals surface area contributed by atoms with Crippen molar-refractivity contribution in [3.8, 4) is 0 Å². The van der Waals surface area contributed by atoms with Gasteiger partial charge in [0.2, 0.25) is 0 Å². The Morgan fingerprint density at radius 1 is 0.853 bits per heavy atom. The Hall–Kier alpha value is -3.45. The van der Waals surface area contributed by atoms with Gasteiger partial charge in [-0.1, -0.05) is 76.1 Å². The highest BCUT2D eigenvalue weighted by Crippen LogP contribution is 2.06. The summed E-state index contributed by atoms with van der Waals surface area (Å²) < 4.78 is 13.8. The lowest BCUT2D eigenvalue weighted by Crippen LogP contribution is -2.22. The number of aliphatic hydroxyl groups excluding tert-OH is 1. The van der Waals surface area contributed by atoms with E-state index in [0.29, 0.717) is 6.61 Å². The highest BCUT2D eigenvalue weighted by Gasteiger charge is 2.12. The normalized spacial score (nSPS) is 8.97. The molecule has 7 heteroatoms. The highest BCUT2D eigenvalue weighted by molar-refractivity contribution is 5.81. The van der Waals surface area contributed by atoms with Crippen LogP contribution in [0.4, 0.5) is 0 Å². The van der Waals surface area contributed by atoms with Crippen LogP contribution in [-0.4, -0.2) is 48.4 Å². The van der Waals surface area contributed by atoms with E-state index in [0.717, 1.165) is 25.0 Å². The maximum Gasteiger partial charge on any atom is 0.330 e. The van der Waals surface area contributed by atoms with Crippen LogP contribution in [0.3, 0.4) is 0 Å². The predicted molar refractivity (Wildman–Crippen MR) is 137 cm³/mol. The van der Waals surface area contributed by atoms with Crippen LogP contribution in [0.2, 0.25) is 0 Å². The minimum Gasteiger partial charge on any atom is -0.463 e. The van der Waals surface area contributed by atoms with Crippen molar-refractivity contribution in [1.82, 2.24) is 0 Å². The lowest BCUT2D eigenvalue weighted by molar-refractivity contribution is -0.148. The summed E-state index contributed by atoms with van der Waals surface area (Å²) in [7, 11) is 0. The molecule has 34 heavy (non-hydrogen) atoms. The average Bonchev–Trinajstić information content (AvgIpc) is 2.83. The van der Waals surface area contributed by atoms with Gasteiger partial charge in [0.1, 0.15) is 12.2 Å². The van der Waals surface area contributed by atoms with Gasteiger partial charge in [0.05, 0.1) is 13.2 Å². The van der Waals surface area contributed by atoms with E-state index in [1.165, 1.54) is 11.6 Å². The molecule has 0 amide bonds. The molecule has 0 saturated heterocycles. The van der Waals surface area contributed by atoms with Crippen molar-refractivity contribution >= 4 is 24.0 Å². The molecule has 1 rings (SSSR count). The van der Waals surface area contributed by atoms with E-state index in [2.05, 4.69) is 35.8 Å².